The summed E-state index contributed by atoms with van der Waals surface area (Å²) >= 11 is 0. The molecule has 1 fully saturated rings. The van der Waals surface area contributed by atoms with Crippen molar-refractivity contribution in [3.05, 3.63) is 65.2 Å². The number of benzene rings is 2. The van der Waals surface area contributed by atoms with E-state index >= 15 is 0 Å². The molecular weight excluding hydrogens is 435 g/mol. The Bertz CT molecular complexity index is 969. The molecule has 9 heteroatoms. The molecule has 0 aromatic heterocycles. The molecule has 0 saturated carbocycles. The van der Waals surface area contributed by atoms with E-state index in [1.54, 1.807) is 6.07 Å². The van der Waals surface area contributed by atoms with Crippen molar-refractivity contribution in [1.82, 2.24) is 4.90 Å². The Hall–Kier alpha value is -3.07. The van der Waals surface area contributed by atoms with Crippen LogP contribution in [0.5, 0.6) is 0 Å². The third-order valence-electron chi connectivity index (χ3n) is 5.99. The lowest BCUT2D eigenvalue weighted by Crippen LogP contribution is -2.50. The van der Waals surface area contributed by atoms with Gasteiger partial charge in [0.1, 0.15) is 0 Å². The summed E-state index contributed by atoms with van der Waals surface area (Å²) in [6.45, 7) is 4.95. The topological polar surface area (TPSA) is 76.4 Å². The molecule has 6 nitrogen and oxygen atoms in total. The van der Waals surface area contributed by atoms with Gasteiger partial charge in [-0.05, 0) is 42.7 Å². The van der Waals surface area contributed by atoms with Crippen LogP contribution in [0.2, 0.25) is 0 Å². The number of rotatable bonds is 8. The lowest BCUT2D eigenvalue weighted by molar-refractivity contribution is -0.138. The van der Waals surface area contributed by atoms with Gasteiger partial charge in [0.25, 0.3) is 0 Å². The molecule has 1 saturated heterocycles. The number of hydrogen-bond acceptors (Lipinski definition) is 5. The Morgan fingerprint density at radius 3 is 2.30 bits per heavy atom. The highest BCUT2D eigenvalue weighted by Gasteiger charge is 2.31. The van der Waals surface area contributed by atoms with Gasteiger partial charge in [-0.3, -0.25) is 9.69 Å². The second-order valence-electron chi connectivity index (χ2n) is 8.26. The minimum Gasteiger partial charge on any atom is -0.481 e. The summed E-state index contributed by atoms with van der Waals surface area (Å²) in [6.07, 6.45) is -3.51. The first-order valence-corrected chi connectivity index (χ1v) is 10.9. The number of carboxylic acids is 1. The van der Waals surface area contributed by atoms with Crippen molar-refractivity contribution in [3.63, 3.8) is 0 Å². The van der Waals surface area contributed by atoms with E-state index in [0.29, 0.717) is 30.1 Å². The predicted octanol–water partition coefficient (Wildman–Crippen LogP) is 4.50. The summed E-state index contributed by atoms with van der Waals surface area (Å²) < 4.78 is 39.0. The quantitative estimate of drug-likeness (QED) is 0.343. The van der Waals surface area contributed by atoms with E-state index in [4.69, 9.17) is 10.3 Å². The van der Waals surface area contributed by atoms with Crippen LogP contribution < -0.4 is 4.90 Å². The van der Waals surface area contributed by atoms with Gasteiger partial charge < -0.3 is 15.2 Å². The summed E-state index contributed by atoms with van der Waals surface area (Å²) in [5, 5.41) is 21.2. The van der Waals surface area contributed by atoms with Crippen LogP contribution in [0.15, 0.2) is 53.7 Å². The van der Waals surface area contributed by atoms with E-state index < -0.39 is 17.7 Å². The number of halogens is 3. The van der Waals surface area contributed by atoms with Crippen LogP contribution in [0.1, 0.15) is 36.5 Å². The van der Waals surface area contributed by atoms with Crippen LogP contribution in [-0.4, -0.2) is 59.1 Å². The predicted molar refractivity (Wildman–Crippen MR) is 120 cm³/mol. The number of oxime groups is 1. The Balaban J connectivity index is 1.54. The maximum absolute atomic E-state index is 13.0. The highest BCUT2D eigenvalue weighted by Crippen LogP contribution is 2.32. The number of carboxylic acid groups (broad SMARTS) is 1. The van der Waals surface area contributed by atoms with Crippen molar-refractivity contribution in [2.45, 2.75) is 38.4 Å². The van der Waals surface area contributed by atoms with Crippen LogP contribution in [0.3, 0.4) is 0 Å². The van der Waals surface area contributed by atoms with Crippen LogP contribution in [0.4, 0.5) is 18.9 Å². The van der Waals surface area contributed by atoms with Gasteiger partial charge in [-0.15, -0.1) is 0 Å². The van der Waals surface area contributed by atoms with Crippen LogP contribution in [0, 0.1) is 0 Å². The first-order valence-electron chi connectivity index (χ1n) is 10.9. The van der Waals surface area contributed by atoms with Gasteiger partial charge in [0.15, 0.2) is 0 Å². The Labute approximate surface area is 190 Å². The molecule has 0 bridgehead atoms. The van der Waals surface area contributed by atoms with Crippen molar-refractivity contribution in [3.8, 4) is 0 Å². The third kappa shape index (κ3) is 6.71. The van der Waals surface area contributed by atoms with E-state index in [1.807, 2.05) is 29.2 Å². The number of hydrogen-bond donors (Lipinski definition) is 2. The molecule has 1 aliphatic heterocycles. The van der Waals surface area contributed by atoms with E-state index in [2.05, 4.69) is 17.0 Å². The molecule has 2 aromatic carbocycles. The molecule has 1 unspecified atom stereocenters. The Morgan fingerprint density at radius 1 is 1.06 bits per heavy atom. The van der Waals surface area contributed by atoms with Crippen LogP contribution >= 0.6 is 0 Å². The number of anilines is 1. The van der Waals surface area contributed by atoms with E-state index in [-0.39, 0.29) is 18.9 Å². The van der Waals surface area contributed by atoms with Crippen molar-refractivity contribution < 1.29 is 28.3 Å². The molecule has 0 aliphatic carbocycles. The largest absolute Gasteiger partial charge is 0.481 e. The van der Waals surface area contributed by atoms with Gasteiger partial charge in [0.2, 0.25) is 0 Å². The van der Waals surface area contributed by atoms with Gasteiger partial charge in [0.05, 0.1) is 17.7 Å². The van der Waals surface area contributed by atoms with Gasteiger partial charge in [-0.2, -0.15) is 13.2 Å². The zero-order valence-electron chi connectivity index (χ0n) is 18.4. The highest BCUT2D eigenvalue weighted by atomic mass is 19.4. The molecular formula is C24H28F3N3O3. The number of alkyl halides is 3. The van der Waals surface area contributed by atoms with E-state index in [9.17, 15) is 18.0 Å². The van der Waals surface area contributed by atoms with Crippen LogP contribution in [-0.2, 0) is 17.4 Å². The molecule has 0 radical (unpaired) electrons. The van der Waals surface area contributed by atoms with Gasteiger partial charge in [0, 0.05) is 44.3 Å². The molecule has 178 valence electrons. The van der Waals surface area contributed by atoms with E-state index in [1.165, 1.54) is 12.1 Å². The smallest absolute Gasteiger partial charge is 0.416 e. The molecule has 3 rings (SSSR count). The van der Waals surface area contributed by atoms with Crippen molar-refractivity contribution in [1.29, 1.82) is 0 Å². The zero-order valence-corrected chi connectivity index (χ0v) is 18.4. The first kappa shape index (κ1) is 24.6. The summed E-state index contributed by atoms with van der Waals surface area (Å²) in [5.41, 5.74) is 2.09. The van der Waals surface area contributed by atoms with Gasteiger partial charge in [-0.25, -0.2) is 0 Å². The molecule has 1 aliphatic rings. The lowest BCUT2D eigenvalue weighted by atomic mass is 10.0. The highest BCUT2D eigenvalue weighted by molar-refractivity contribution is 6.01. The number of piperazine rings is 1. The lowest BCUT2D eigenvalue weighted by Gasteiger charge is -2.39. The normalized spacial score (nSPS) is 16.6. The maximum Gasteiger partial charge on any atom is 0.416 e. The Morgan fingerprint density at radius 2 is 1.73 bits per heavy atom. The minimum absolute atomic E-state index is 0.106. The average Bonchev–Trinajstić information content (AvgIpc) is 2.80. The second-order valence-corrected chi connectivity index (χ2v) is 8.26. The van der Waals surface area contributed by atoms with E-state index in [0.717, 1.165) is 31.1 Å². The fraction of sp³-hybridized carbons (Fsp3) is 0.417. The second kappa shape index (κ2) is 10.7. The van der Waals surface area contributed by atoms with Crippen molar-refractivity contribution >= 4 is 17.4 Å². The molecule has 2 aromatic rings. The monoisotopic (exact) mass is 463 g/mol. The fourth-order valence-corrected chi connectivity index (χ4v) is 4.08. The fourth-order valence-electron chi connectivity index (χ4n) is 4.08. The van der Waals surface area contributed by atoms with Gasteiger partial charge in [-0.1, -0.05) is 35.5 Å². The molecule has 33 heavy (non-hydrogen) atoms. The standard InChI is InChI=1S/C24H28F3N3O3/c1-17(15-18-5-7-19(8-6-18)22(28-33)9-10-23(31)32)29-11-13-30(14-12-29)21-4-2-3-20(16-21)24(25,26)27/h2-8,16-17,33H,9-15H2,1H3,(H,31,32)/b28-22-. The first-order chi connectivity index (χ1) is 15.7. The minimum atomic E-state index is -4.35. The van der Waals surface area contributed by atoms with Crippen molar-refractivity contribution in [2.24, 2.45) is 5.16 Å². The van der Waals surface area contributed by atoms with Crippen LogP contribution in [0.25, 0.3) is 0 Å². The molecule has 0 amide bonds. The number of aliphatic carboxylic acids is 1. The SMILES string of the molecule is CC(Cc1ccc(/C(CCC(=O)O)=N\O)cc1)N1CCN(c2cccc(C(F)(F)F)c2)CC1. The third-order valence-corrected chi connectivity index (χ3v) is 5.99. The van der Waals surface area contributed by atoms with Gasteiger partial charge >= 0.3 is 12.1 Å². The Kier molecular flexibility index (Phi) is 7.97. The van der Waals surface area contributed by atoms with Crippen molar-refractivity contribution in [2.75, 3.05) is 31.1 Å². The zero-order chi connectivity index (χ0) is 24.0. The number of nitrogens with zero attached hydrogens (tertiary/aromatic N) is 3. The summed E-state index contributed by atoms with van der Waals surface area (Å²) in [4.78, 5) is 15.1. The summed E-state index contributed by atoms with van der Waals surface area (Å²) in [5.74, 6) is -0.949. The summed E-state index contributed by atoms with van der Waals surface area (Å²) in [7, 11) is 0. The molecule has 1 heterocycles. The number of carbonyl (C=O) groups is 1. The average molecular weight is 464 g/mol. The molecule has 1 atom stereocenters. The molecule has 2 N–H and O–H groups in total. The maximum atomic E-state index is 13.0. The molecule has 0 spiro atoms. The summed E-state index contributed by atoms with van der Waals surface area (Å²) in [6, 6.07) is 13.2.